The minimum absolute atomic E-state index is 0.646. The first-order valence-corrected chi connectivity index (χ1v) is 4.19. The second-order valence-corrected chi connectivity index (χ2v) is 3.07. The minimum atomic E-state index is 0.646. The molecule has 0 saturated carbocycles. The molecule has 0 aliphatic heterocycles. The zero-order chi connectivity index (χ0) is 8.55. The van der Waals surface area contributed by atoms with Crippen LogP contribution in [0.5, 0.6) is 0 Å². The normalized spacial score (nSPS) is 10.5. The highest BCUT2D eigenvalue weighted by molar-refractivity contribution is 9.10. The van der Waals surface area contributed by atoms with Crippen LogP contribution in [0.15, 0.2) is 21.4 Å². The van der Waals surface area contributed by atoms with Gasteiger partial charge in [0.25, 0.3) is 0 Å². The van der Waals surface area contributed by atoms with E-state index in [-0.39, 0.29) is 0 Å². The first kappa shape index (κ1) is 7.54. The lowest BCUT2D eigenvalue weighted by Gasteiger charge is -1.86. The van der Waals surface area contributed by atoms with E-state index in [0.717, 1.165) is 11.4 Å². The number of nitrogens with one attached hydrogen (secondary N) is 1. The number of H-pyrrole nitrogens is 1. The molecule has 0 radical (unpaired) electrons. The molecule has 0 aliphatic carbocycles. The molecule has 0 aromatic carbocycles. The molecule has 0 spiro atoms. The summed E-state index contributed by atoms with van der Waals surface area (Å²) >= 11 is 3.25. The first-order chi connectivity index (χ1) is 5.77. The van der Waals surface area contributed by atoms with Crippen LogP contribution in [0.2, 0.25) is 0 Å². The van der Waals surface area contributed by atoms with E-state index in [0.29, 0.717) is 10.5 Å². The van der Waals surface area contributed by atoms with Gasteiger partial charge in [-0.3, -0.25) is 5.10 Å². The van der Waals surface area contributed by atoms with E-state index in [1.54, 1.807) is 6.26 Å². The van der Waals surface area contributed by atoms with Gasteiger partial charge in [-0.1, -0.05) is 0 Å². The van der Waals surface area contributed by atoms with Gasteiger partial charge in [0, 0.05) is 0 Å². The number of halogens is 1. The summed E-state index contributed by atoms with van der Waals surface area (Å²) in [6.45, 7) is 1.85. The fourth-order valence-corrected chi connectivity index (χ4v) is 1.33. The summed E-state index contributed by atoms with van der Waals surface area (Å²) in [6, 6.07) is 1.81. The standard InChI is InChI=1S/C7H6BrN3O/c1-4-9-7(11-10-4)5-2-3-12-6(5)8/h2-3H,1H3,(H,9,10,11). The number of aryl methyl sites for hydroxylation is 1. The Bertz CT molecular complexity index is 393. The molecular weight excluding hydrogens is 222 g/mol. The topological polar surface area (TPSA) is 54.7 Å². The van der Waals surface area contributed by atoms with Crippen LogP contribution in [-0.4, -0.2) is 15.2 Å². The Kier molecular flexibility index (Phi) is 1.73. The van der Waals surface area contributed by atoms with Crippen LogP contribution in [0.1, 0.15) is 5.82 Å². The number of aromatic nitrogens is 3. The molecule has 12 heavy (non-hydrogen) atoms. The number of furan rings is 1. The Morgan fingerprint density at radius 2 is 2.42 bits per heavy atom. The summed E-state index contributed by atoms with van der Waals surface area (Å²) in [5, 5.41) is 6.75. The van der Waals surface area contributed by atoms with Crippen molar-refractivity contribution >= 4 is 15.9 Å². The first-order valence-electron chi connectivity index (χ1n) is 3.40. The molecule has 0 atom stereocenters. The highest BCUT2D eigenvalue weighted by Gasteiger charge is 2.09. The van der Waals surface area contributed by atoms with Crippen molar-refractivity contribution in [1.82, 2.24) is 15.2 Å². The van der Waals surface area contributed by atoms with Crippen LogP contribution in [0, 0.1) is 6.92 Å². The SMILES string of the molecule is Cc1nc(-c2ccoc2Br)n[nH]1. The third-order valence-corrected chi connectivity index (χ3v) is 2.07. The quantitative estimate of drug-likeness (QED) is 0.813. The number of nitrogens with zero attached hydrogens (tertiary/aromatic N) is 2. The number of rotatable bonds is 1. The van der Waals surface area contributed by atoms with Crippen molar-refractivity contribution in [2.75, 3.05) is 0 Å². The molecular formula is C7H6BrN3O. The zero-order valence-electron chi connectivity index (χ0n) is 6.34. The van der Waals surface area contributed by atoms with Gasteiger partial charge in [0.2, 0.25) is 0 Å². The summed E-state index contributed by atoms with van der Waals surface area (Å²) in [5.74, 6) is 1.44. The van der Waals surface area contributed by atoms with E-state index in [2.05, 4.69) is 31.1 Å². The van der Waals surface area contributed by atoms with Gasteiger partial charge < -0.3 is 4.42 Å². The van der Waals surface area contributed by atoms with Crippen LogP contribution in [0.25, 0.3) is 11.4 Å². The Hall–Kier alpha value is -1.10. The monoisotopic (exact) mass is 227 g/mol. The van der Waals surface area contributed by atoms with Gasteiger partial charge in [-0.25, -0.2) is 4.98 Å². The average molecular weight is 228 g/mol. The van der Waals surface area contributed by atoms with Crippen molar-refractivity contribution in [3.8, 4) is 11.4 Å². The third kappa shape index (κ3) is 1.16. The zero-order valence-corrected chi connectivity index (χ0v) is 7.92. The van der Waals surface area contributed by atoms with Crippen molar-refractivity contribution in [2.45, 2.75) is 6.92 Å². The highest BCUT2D eigenvalue weighted by atomic mass is 79.9. The Labute approximate surface area is 77.1 Å². The highest BCUT2D eigenvalue weighted by Crippen LogP contribution is 2.25. The van der Waals surface area contributed by atoms with E-state index in [4.69, 9.17) is 4.42 Å². The molecule has 2 rings (SSSR count). The molecule has 2 aromatic rings. The molecule has 2 aromatic heterocycles. The molecule has 2 heterocycles. The van der Waals surface area contributed by atoms with E-state index >= 15 is 0 Å². The lowest BCUT2D eigenvalue weighted by atomic mass is 10.3. The second kappa shape index (κ2) is 2.75. The van der Waals surface area contributed by atoms with E-state index < -0.39 is 0 Å². The van der Waals surface area contributed by atoms with Crippen molar-refractivity contribution in [1.29, 1.82) is 0 Å². The fourth-order valence-electron chi connectivity index (χ4n) is 0.916. The molecule has 0 amide bonds. The van der Waals surface area contributed by atoms with Crippen LogP contribution >= 0.6 is 15.9 Å². The molecule has 0 unspecified atom stereocenters. The maximum Gasteiger partial charge on any atom is 0.185 e. The van der Waals surface area contributed by atoms with E-state index in [1.807, 2.05) is 13.0 Å². The molecule has 0 saturated heterocycles. The van der Waals surface area contributed by atoms with Crippen molar-refractivity contribution in [3.05, 3.63) is 22.8 Å². The van der Waals surface area contributed by atoms with Gasteiger partial charge in [-0.15, -0.1) is 0 Å². The second-order valence-electron chi connectivity index (χ2n) is 2.35. The molecule has 1 N–H and O–H groups in total. The van der Waals surface area contributed by atoms with Gasteiger partial charge in [0.05, 0.1) is 11.8 Å². The summed E-state index contributed by atoms with van der Waals surface area (Å²) in [6.07, 6.45) is 1.59. The molecule has 4 nitrogen and oxygen atoms in total. The maximum absolute atomic E-state index is 5.05. The van der Waals surface area contributed by atoms with Crippen molar-refractivity contribution in [2.24, 2.45) is 0 Å². The van der Waals surface area contributed by atoms with Gasteiger partial charge in [0.15, 0.2) is 10.5 Å². The maximum atomic E-state index is 5.05. The Morgan fingerprint density at radius 1 is 1.58 bits per heavy atom. The molecule has 62 valence electrons. The Balaban J connectivity index is 2.50. The van der Waals surface area contributed by atoms with E-state index in [9.17, 15) is 0 Å². The molecule has 0 fully saturated rings. The minimum Gasteiger partial charge on any atom is -0.457 e. The predicted octanol–water partition coefficient (Wildman–Crippen LogP) is 2.14. The lowest BCUT2D eigenvalue weighted by molar-refractivity contribution is 0.542. The molecule has 0 bridgehead atoms. The number of hydrogen-bond acceptors (Lipinski definition) is 3. The smallest absolute Gasteiger partial charge is 0.185 e. The summed E-state index contributed by atoms with van der Waals surface area (Å²) in [5.41, 5.74) is 0.861. The van der Waals surface area contributed by atoms with E-state index in [1.165, 1.54) is 0 Å². The number of hydrogen-bond donors (Lipinski definition) is 1. The van der Waals surface area contributed by atoms with Crippen LogP contribution in [-0.2, 0) is 0 Å². The third-order valence-electron chi connectivity index (χ3n) is 1.46. The Morgan fingerprint density at radius 3 is 2.92 bits per heavy atom. The summed E-state index contributed by atoms with van der Waals surface area (Å²) in [7, 11) is 0. The fraction of sp³-hybridized carbons (Fsp3) is 0.143. The summed E-state index contributed by atoms with van der Waals surface area (Å²) in [4.78, 5) is 4.16. The van der Waals surface area contributed by atoms with Crippen LogP contribution < -0.4 is 0 Å². The van der Waals surface area contributed by atoms with Gasteiger partial charge in [-0.05, 0) is 28.9 Å². The van der Waals surface area contributed by atoms with Crippen LogP contribution in [0.4, 0.5) is 0 Å². The summed E-state index contributed by atoms with van der Waals surface area (Å²) < 4.78 is 5.71. The van der Waals surface area contributed by atoms with Crippen LogP contribution in [0.3, 0.4) is 0 Å². The van der Waals surface area contributed by atoms with Crippen molar-refractivity contribution < 1.29 is 4.42 Å². The number of aromatic amines is 1. The van der Waals surface area contributed by atoms with Crippen molar-refractivity contribution in [3.63, 3.8) is 0 Å². The largest absolute Gasteiger partial charge is 0.457 e. The van der Waals surface area contributed by atoms with Gasteiger partial charge >= 0.3 is 0 Å². The average Bonchev–Trinajstić information content (AvgIpc) is 2.58. The lowest BCUT2D eigenvalue weighted by Crippen LogP contribution is -1.77. The van der Waals surface area contributed by atoms with Gasteiger partial charge in [0.1, 0.15) is 5.82 Å². The molecule has 0 aliphatic rings. The van der Waals surface area contributed by atoms with Gasteiger partial charge in [-0.2, -0.15) is 5.10 Å². The predicted molar refractivity (Wildman–Crippen MR) is 46.5 cm³/mol. The molecule has 5 heteroatoms.